The number of benzene rings is 2. The van der Waals surface area contributed by atoms with Gasteiger partial charge in [-0.05, 0) is 45.0 Å². The molecule has 3 nitrogen and oxygen atoms in total. The lowest BCUT2D eigenvalue weighted by molar-refractivity contribution is -0.152. The summed E-state index contributed by atoms with van der Waals surface area (Å²) in [5, 5.41) is 0. The van der Waals surface area contributed by atoms with Gasteiger partial charge in [0.15, 0.2) is 0 Å². The second-order valence-corrected chi connectivity index (χ2v) is 7.29. The Morgan fingerprint density at radius 2 is 1.50 bits per heavy atom. The summed E-state index contributed by atoms with van der Waals surface area (Å²) >= 11 is 1.73. The number of esters is 1. The Labute approximate surface area is 135 Å². The molecular formula is C18H19NO2S. The summed E-state index contributed by atoms with van der Waals surface area (Å²) in [6.45, 7) is 5.88. The van der Waals surface area contributed by atoms with Crippen LogP contribution in [0.1, 0.15) is 20.8 Å². The van der Waals surface area contributed by atoms with Gasteiger partial charge in [0.2, 0.25) is 0 Å². The van der Waals surface area contributed by atoms with Gasteiger partial charge in [-0.2, -0.15) is 0 Å². The van der Waals surface area contributed by atoms with E-state index in [2.05, 4.69) is 12.1 Å². The van der Waals surface area contributed by atoms with Crippen LogP contribution in [0.3, 0.4) is 0 Å². The number of carbonyl (C=O) groups excluding carboxylic acids is 1. The number of rotatable bonds is 2. The Balaban J connectivity index is 1.95. The molecule has 0 aliphatic carbocycles. The van der Waals surface area contributed by atoms with Gasteiger partial charge in [-0.3, -0.25) is 4.79 Å². The van der Waals surface area contributed by atoms with Gasteiger partial charge in [-0.15, -0.1) is 0 Å². The Morgan fingerprint density at radius 3 is 2.00 bits per heavy atom. The first-order valence-electron chi connectivity index (χ1n) is 7.29. The third-order valence-electron chi connectivity index (χ3n) is 3.24. The lowest BCUT2D eigenvalue weighted by atomic mass is 10.2. The molecule has 0 unspecified atom stereocenters. The highest BCUT2D eigenvalue weighted by molar-refractivity contribution is 7.99. The molecule has 3 rings (SSSR count). The van der Waals surface area contributed by atoms with E-state index in [9.17, 15) is 4.79 Å². The number of anilines is 2. The van der Waals surface area contributed by atoms with Crippen molar-refractivity contribution < 1.29 is 9.53 Å². The van der Waals surface area contributed by atoms with Crippen molar-refractivity contribution in [3.05, 3.63) is 48.5 Å². The Bertz CT molecular complexity index is 661. The highest BCUT2D eigenvalue weighted by atomic mass is 32.2. The van der Waals surface area contributed by atoms with Crippen LogP contribution >= 0.6 is 11.8 Å². The van der Waals surface area contributed by atoms with E-state index in [1.807, 2.05) is 62.1 Å². The molecule has 1 aliphatic heterocycles. The van der Waals surface area contributed by atoms with Crippen LogP contribution in [-0.4, -0.2) is 18.1 Å². The van der Waals surface area contributed by atoms with E-state index in [-0.39, 0.29) is 12.5 Å². The van der Waals surface area contributed by atoms with Gasteiger partial charge in [0.25, 0.3) is 0 Å². The van der Waals surface area contributed by atoms with E-state index >= 15 is 0 Å². The minimum Gasteiger partial charge on any atom is -0.459 e. The number of hydrogen-bond donors (Lipinski definition) is 0. The molecule has 1 aliphatic rings. The molecule has 0 bridgehead atoms. The van der Waals surface area contributed by atoms with Crippen molar-refractivity contribution in [1.29, 1.82) is 0 Å². The van der Waals surface area contributed by atoms with E-state index in [0.29, 0.717) is 0 Å². The Kier molecular flexibility index (Phi) is 3.87. The topological polar surface area (TPSA) is 29.5 Å². The zero-order valence-corrected chi connectivity index (χ0v) is 13.8. The van der Waals surface area contributed by atoms with Crippen LogP contribution in [0.2, 0.25) is 0 Å². The monoisotopic (exact) mass is 313 g/mol. The molecule has 0 radical (unpaired) electrons. The summed E-state index contributed by atoms with van der Waals surface area (Å²) in [7, 11) is 0. The fourth-order valence-corrected chi connectivity index (χ4v) is 3.55. The molecule has 0 amide bonds. The van der Waals surface area contributed by atoms with Crippen molar-refractivity contribution in [3.8, 4) is 0 Å². The molecular weight excluding hydrogens is 294 g/mol. The van der Waals surface area contributed by atoms with E-state index in [1.165, 1.54) is 0 Å². The predicted octanol–water partition coefficient (Wildman–Crippen LogP) is 4.63. The SMILES string of the molecule is CC(C)(C)OC(=O)CN1c2ccccc2Sc2ccccc21. The van der Waals surface area contributed by atoms with Crippen molar-refractivity contribution in [1.82, 2.24) is 0 Å². The second-order valence-electron chi connectivity index (χ2n) is 6.21. The summed E-state index contributed by atoms with van der Waals surface area (Å²) in [4.78, 5) is 16.6. The molecule has 0 atom stereocenters. The molecule has 114 valence electrons. The summed E-state index contributed by atoms with van der Waals surface area (Å²) in [5.41, 5.74) is 1.63. The first-order valence-corrected chi connectivity index (χ1v) is 8.11. The lowest BCUT2D eigenvalue weighted by Crippen LogP contribution is -2.33. The maximum atomic E-state index is 12.3. The molecule has 0 saturated heterocycles. The minimum atomic E-state index is -0.472. The van der Waals surface area contributed by atoms with Crippen molar-refractivity contribution in [2.24, 2.45) is 0 Å². The number of nitrogens with zero attached hydrogens (tertiary/aromatic N) is 1. The molecule has 0 saturated carbocycles. The maximum Gasteiger partial charge on any atom is 0.326 e. The molecule has 0 aromatic heterocycles. The number of hydrogen-bond acceptors (Lipinski definition) is 4. The van der Waals surface area contributed by atoms with Crippen molar-refractivity contribution in [2.75, 3.05) is 11.4 Å². The molecule has 0 fully saturated rings. The van der Waals surface area contributed by atoms with E-state index in [0.717, 1.165) is 21.2 Å². The van der Waals surface area contributed by atoms with Crippen LogP contribution in [0.15, 0.2) is 58.3 Å². The predicted molar refractivity (Wildman–Crippen MR) is 89.9 cm³/mol. The average Bonchev–Trinajstić information content (AvgIpc) is 2.45. The summed E-state index contributed by atoms with van der Waals surface area (Å²) in [5.74, 6) is -0.219. The molecule has 4 heteroatoms. The number of para-hydroxylation sites is 2. The van der Waals surface area contributed by atoms with Crippen LogP contribution in [0.5, 0.6) is 0 Å². The van der Waals surface area contributed by atoms with Crippen LogP contribution in [0.25, 0.3) is 0 Å². The van der Waals surface area contributed by atoms with Crippen molar-refractivity contribution in [2.45, 2.75) is 36.2 Å². The highest BCUT2D eigenvalue weighted by Gasteiger charge is 2.26. The van der Waals surface area contributed by atoms with Gasteiger partial charge in [-0.1, -0.05) is 36.0 Å². The van der Waals surface area contributed by atoms with Crippen LogP contribution < -0.4 is 4.90 Å². The first kappa shape index (κ1) is 15.0. The summed E-state index contributed by atoms with van der Waals surface area (Å²) < 4.78 is 5.48. The molecule has 1 heterocycles. The maximum absolute atomic E-state index is 12.3. The van der Waals surface area contributed by atoms with Crippen molar-refractivity contribution >= 4 is 29.1 Å². The second kappa shape index (κ2) is 5.69. The van der Waals surface area contributed by atoms with Gasteiger partial charge in [0, 0.05) is 9.79 Å². The number of fused-ring (bicyclic) bond motifs is 2. The standard InChI is InChI=1S/C18H19NO2S/c1-18(2,3)21-17(20)12-19-13-8-4-6-10-15(13)22-16-11-7-5-9-14(16)19/h4-11H,12H2,1-3H3. The van der Waals surface area contributed by atoms with Gasteiger partial charge in [-0.25, -0.2) is 0 Å². The number of ether oxygens (including phenoxy) is 1. The summed E-state index contributed by atoms with van der Waals surface area (Å²) in [6.07, 6.45) is 0. The van der Waals surface area contributed by atoms with E-state index in [4.69, 9.17) is 4.74 Å². The van der Waals surface area contributed by atoms with Crippen molar-refractivity contribution in [3.63, 3.8) is 0 Å². The zero-order chi connectivity index (χ0) is 15.7. The highest BCUT2D eigenvalue weighted by Crippen LogP contribution is 2.47. The molecule has 0 spiro atoms. The van der Waals surface area contributed by atoms with Crippen LogP contribution in [0.4, 0.5) is 11.4 Å². The van der Waals surface area contributed by atoms with Crippen LogP contribution in [-0.2, 0) is 9.53 Å². The third-order valence-corrected chi connectivity index (χ3v) is 4.37. The Morgan fingerprint density at radius 1 is 1.00 bits per heavy atom. The van der Waals surface area contributed by atoms with Gasteiger partial charge in [0.05, 0.1) is 11.4 Å². The van der Waals surface area contributed by atoms with Gasteiger partial charge < -0.3 is 9.64 Å². The first-order chi connectivity index (χ1) is 10.4. The van der Waals surface area contributed by atoms with Gasteiger partial charge in [0.1, 0.15) is 12.1 Å². The largest absolute Gasteiger partial charge is 0.459 e. The molecule has 2 aromatic carbocycles. The zero-order valence-electron chi connectivity index (χ0n) is 13.0. The molecule has 2 aromatic rings. The number of carbonyl (C=O) groups is 1. The van der Waals surface area contributed by atoms with Gasteiger partial charge >= 0.3 is 5.97 Å². The minimum absolute atomic E-state index is 0.214. The fraction of sp³-hybridized carbons (Fsp3) is 0.278. The molecule has 22 heavy (non-hydrogen) atoms. The lowest BCUT2D eigenvalue weighted by Gasteiger charge is -2.32. The van der Waals surface area contributed by atoms with E-state index in [1.54, 1.807) is 11.8 Å². The smallest absolute Gasteiger partial charge is 0.326 e. The van der Waals surface area contributed by atoms with Crippen LogP contribution in [0, 0.1) is 0 Å². The van der Waals surface area contributed by atoms with E-state index < -0.39 is 5.60 Å². The average molecular weight is 313 g/mol. The normalized spacial score (nSPS) is 13.3. The summed E-state index contributed by atoms with van der Waals surface area (Å²) in [6, 6.07) is 16.3. The molecule has 0 N–H and O–H groups in total. The third kappa shape index (κ3) is 3.12. The Hall–Kier alpha value is -1.94. The fourth-order valence-electron chi connectivity index (χ4n) is 2.45. The quantitative estimate of drug-likeness (QED) is 0.756.